The number of rotatable bonds is 8. The average molecular weight is 277 g/mol. The van der Waals surface area contributed by atoms with Crippen LogP contribution in [0.2, 0.25) is 0 Å². The summed E-state index contributed by atoms with van der Waals surface area (Å²) in [6.07, 6.45) is 3.37. The minimum atomic E-state index is -0.752. The van der Waals surface area contributed by atoms with E-state index in [9.17, 15) is 4.79 Å². The van der Waals surface area contributed by atoms with E-state index < -0.39 is 5.97 Å². The Hall–Kier alpha value is -1.55. The summed E-state index contributed by atoms with van der Waals surface area (Å²) in [7, 11) is 1.65. The van der Waals surface area contributed by atoms with E-state index >= 15 is 0 Å². The Bertz CT molecular complexity index is 440. The molecule has 0 radical (unpaired) electrons. The lowest BCUT2D eigenvalue weighted by Gasteiger charge is -2.30. The highest BCUT2D eigenvalue weighted by atomic mass is 16.5. The average Bonchev–Trinajstić information content (AvgIpc) is 3.23. The summed E-state index contributed by atoms with van der Waals surface area (Å²) in [6, 6.07) is 8.11. The number of methoxy groups -OCH3 is 1. The molecule has 0 amide bonds. The van der Waals surface area contributed by atoms with Crippen molar-refractivity contribution in [3.63, 3.8) is 0 Å². The topological polar surface area (TPSA) is 49.8 Å². The second-order valence-electron chi connectivity index (χ2n) is 5.46. The first-order valence-electron chi connectivity index (χ1n) is 7.23. The highest BCUT2D eigenvalue weighted by molar-refractivity contribution is 5.69. The Morgan fingerprint density at radius 3 is 2.50 bits per heavy atom. The largest absolute Gasteiger partial charge is 0.497 e. The van der Waals surface area contributed by atoms with Crippen LogP contribution < -0.4 is 4.74 Å². The maximum Gasteiger partial charge on any atom is 0.317 e. The predicted molar refractivity (Wildman–Crippen MR) is 78.0 cm³/mol. The van der Waals surface area contributed by atoms with Crippen molar-refractivity contribution in [3.05, 3.63) is 29.8 Å². The normalized spacial score (nSPS) is 16.1. The maximum atomic E-state index is 11.1. The summed E-state index contributed by atoms with van der Waals surface area (Å²) in [4.78, 5) is 13.2. The van der Waals surface area contributed by atoms with Gasteiger partial charge in [0.05, 0.1) is 13.7 Å². The standard InChI is InChI=1S/C16H23NO3/c1-3-15(13-6-8-14(20-2)9-7-13)17(11-16(18)19)10-12-4-5-12/h6-9,12,15H,3-5,10-11H2,1-2H3,(H,18,19). The molecular weight excluding hydrogens is 254 g/mol. The number of benzene rings is 1. The zero-order chi connectivity index (χ0) is 14.5. The second kappa shape index (κ2) is 6.75. The SMILES string of the molecule is CCC(c1ccc(OC)cc1)N(CC(=O)O)CC1CC1. The molecule has 0 aromatic heterocycles. The number of carboxylic acid groups (broad SMARTS) is 1. The first kappa shape index (κ1) is 14.9. The van der Waals surface area contributed by atoms with Crippen LogP contribution >= 0.6 is 0 Å². The molecule has 0 saturated heterocycles. The molecule has 1 aromatic carbocycles. The quantitative estimate of drug-likeness (QED) is 0.793. The lowest BCUT2D eigenvalue weighted by molar-refractivity contribution is -0.139. The molecule has 20 heavy (non-hydrogen) atoms. The number of carbonyl (C=O) groups is 1. The van der Waals surface area contributed by atoms with Crippen LogP contribution in [0, 0.1) is 5.92 Å². The molecule has 0 spiro atoms. The van der Waals surface area contributed by atoms with E-state index in [1.165, 1.54) is 12.8 Å². The summed E-state index contributed by atoms with van der Waals surface area (Å²) < 4.78 is 5.17. The van der Waals surface area contributed by atoms with Crippen molar-refractivity contribution < 1.29 is 14.6 Å². The van der Waals surface area contributed by atoms with Gasteiger partial charge in [-0.25, -0.2) is 0 Å². The van der Waals surface area contributed by atoms with Gasteiger partial charge in [0.2, 0.25) is 0 Å². The van der Waals surface area contributed by atoms with Crippen LogP contribution in [-0.2, 0) is 4.79 Å². The van der Waals surface area contributed by atoms with E-state index in [0.29, 0.717) is 5.92 Å². The molecule has 1 aliphatic rings. The van der Waals surface area contributed by atoms with Gasteiger partial charge in [-0.2, -0.15) is 0 Å². The van der Waals surface area contributed by atoms with Gasteiger partial charge in [0.15, 0.2) is 0 Å². The summed E-state index contributed by atoms with van der Waals surface area (Å²) >= 11 is 0. The molecule has 2 rings (SSSR count). The van der Waals surface area contributed by atoms with Crippen LogP contribution in [0.4, 0.5) is 0 Å². The van der Waals surface area contributed by atoms with Crippen molar-refractivity contribution in [2.75, 3.05) is 20.2 Å². The lowest BCUT2D eigenvalue weighted by Crippen LogP contribution is -2.35. The molecule has 0 bridgehead atoms. The zero-order valence-electron chi connectivity index (χ0n) is 12.2. The van der Waals surface area contributed by atoms with Gasteiger partial charge in [-0.3, -0.25) is 9.69 Å². The number of nitrogens with zero attached hydrogens (tertiary/aromatic N) is 1. The third kappa shape index (κ3) is 3.97. The van der Waals surface area contributed by atoms with Crippen LogP contribution in [0.1, 0.15) is 37.8 Å². The summed E-state index contributed by atoms with van der Waals surface area (Å²) in [5, 5.41) is 9.13. The molecule has 1 N–H and O–H groups in total. The Morgan fingerprint density at radius 2 is 2.05 bits per heavy atom. The van der Waals surface area contributed by atoms with Crippen molar-refractivity contribution >= 4 is 5.97 Å². The number of ether oxygens (including phenoxy) is 1. The van der Waals surface area contributed by atoms with Crippen molar-refractivity contribution in [2.45, 2.75) is 32.2 Å². The lowest BCUT2D eigenvalue weighted by atomic mass is 10.0. The predicted octanol–water partition coefficient (Wildman–Crippen LogP) is 2.94. The molecule has 4 nitrogen and oxygen atoms in total. The van der Waals surface area contributed by atoms with Crippen LogP contribution in [0.3, 0.4) is 0 Å². The first-order valence-corrected chi connectivity index (χ1v) is 7.23. The van der Waals surface area contributed by atoms with Crippen LogP contribution in [-0.4, -0.2) is 36.2 Å². The van der Waals surface area contributed by atoms with Crippen molar-refractivity contribution in [3.8, 4) is 5.75 Å². The monoisotopic (exact) mass is 277 g/mol. The zero-order valence-corrected chi connectivity index (χ0v) is 12.2. The number of hydrogen-bond donors (Lipinski definition) is 1. The molecular formula is C16H23NO3. The number of hydrogen-bond acceptors (Lipinski definition) is 3. The smallest absolute Gasteiger partial charge is 0.317 e. The van der Waals surface area contributed by atoms with Gasteiger partial charge in [0, 0.05) is 12.6 Å². The first-order chi connectivity index (χ1) is 9.63. The molecule has 1 aromatic rings. The van der Waals surface area contributed by atoms with Crippen molar-refractivity contribution in [1.29, 1.82) is 0 Å². The summed E-state index contributed by atoms with van der Waals surface area (Å²) in [6.45, 7) is 3.11. The van der Waals surface area contributed by atoms with Crippen LogP contribution in [0.15, 0.2) is 24.3 Å². The maximum absolute atomic E-state index is 11.1. The van der Waals surface area contributed by atoms with Gasteiger partial charge in [0.25, 0.3) is 0 Å². The van der Waals surface area contributed by atoms with Crippen LogP contribution in [0.25, 0.3) is 0 Å². The molecule has 110 valence electrons. The number of aliphatic carboxylic acids is 1. The molecule has 1 unspecified atom stereocenters. The van der Waals surface area contributed by atoms with Crippen molar-refractivity contribution in [2.24, 2.45) is 5.92 Å². The van der Waals surface area contributed by atoms with E-state index in [0.717, 1.165) is 24.3 Å². The molecule has 0 heterocycles. The van der Waals surface area contributed by atoms with E-state index in [2.05, 4.69) is 11.8 Å². The fraction of sp³-hybridized carbons (Fsp3) is 0.562. The molecule has 1 saturated carbocycles. The van der Waals surface area contributed by atoms with Gasteiger partial charge in [-0.1, -0.05) is 19.1 Å². The summed E-state index contributed by atoms with van der Waals surface area (Å²) in [5.74, 6) is 0.759. The highest BCUT2D eigenvalue weighted by Gasteiger charge is 2.29. The van der Waals surface area contributed by atoms with Gasteiger partial charge < -0.3 is 9.84 Å². The van der Waals surface area contributed by atoms with Gasteiger partial charge in [0.1, 0.15) is 5.75 Å². The molecule has 1 aliphatic carbocycles. The fourth-order valence-corrected chi connectivity index (χ4v) is 2.64. The Labute approximate surface area is 120 Å². The minimum Gasteiger partial charge on any atom is -0.497 e. The molecule has 1 atom stereocenters. The Morgan fingerprint density at radius 1 is 1.40 bits per heavy atom. The van der Waals surface area contributed by atoms with Gasteiger partial charge in [-0.15, -0.1) is 0 Å². The van der Waals surface area contributed by atoms with E-state index in [1.807, 2.05) is 24.3 Å². The van der Waals surface area contributed by atoms with Gasteiger partial charge in [-0.05, 0) is 42.9 Å². The third-order valence-corrected chi connectivity index (χ3v) is 3.86. The molecule has 0 aliphatic heterocycles. The summed E-state index contributed by atoms with van der Waals surface area (Å²) in [5.41, 5.74) is 1.16. The molecule has 1 fully saturated rings. The highest BCUT2D eigenvalue weighted by Crippen LogP contribution is 2.34. The van der Waals surface area contributed by atoms with E-state index in [-0.39, 0.29) is 12.6 Å². The fourth-order valence-electron chi connectivity index (χ4n) is 2.64. The van der Waals surface area contributed by atoms with E-state index in [4.69, 9.17) is 9.84 Å². The third-order valence-electron chi connectivity index (χ3n) is 3.86. The molecule has 4 heteroatoms. The van der Waals surface area contributed by atoms with Gasteiger partial charge >= 0.3 is 5.97 Å². The van der Waals surface area contributed by atoms with Crippen LogP contribution in [0.5, 0.6) is 5.75 Å². The van der Waals surface area contributed by atoms with E-state index in [1.54, 1.807) is 7.11 Å². The minimum absolute atomic E-state index is 0.112. The second-order valence-corrected chi connectivity index (χ2v) is 5.46. The Kier molecular flexibility index (Phi) is 5.01. The Balaban J connectivity index is 2.13. The van der Waals surface area contributed by atoms with Crippen molar-refractivity contribution in [1.82, 2.24) is 4.90 Å². The number of carboxylic acids is 1.